The molecule has 2 fully saturated rings. The lowest BCUT2D eigenvalue weighted by Gasteiger charge is -2.23. The van der Waals surface area contributed by atoms with Gasteiger partial charge in [-0.15, -0.1) is 0 Å². The summed E-state index contributed by atoms with van der Waals surface area (Å²) in [4.78, 5) is 38.6. The zero-order valence-corrected chi connectivity index (χ0v) is 21.4. The molecular formula is C25H35ClN6O4. The Morgan fingerprint density at radius 2 is 1.86 bits per heavy atom. The Morgan fingerprint density at radius 1 is 1.17 bits per heavy atom. The minimum absolute atomic E-state index is 0.00963. The fourth-order valence-electron chi connectivity index (χ4n) is 5.00. The molecule has 1 saturated heterocycles. The molecule has 0 bridgehead atoms. The summed E-state index contributed by atoms with van der Waals surface area (Å²) in [7, 11) is 0. The number of nitrogens with one attached hydrogen (secondary N) is 3. The molecule has 1 saturated carbocycles. The highest BCUT2D eigenvalue weighted by Gasteiger charge is 2.24. The van der Waals surface area contributed by atoms with Gasteiger partial charge in [-0.3, -0.25) is 14.2 Å². The van der Waals surface area contributed by atoms with Crippen LogP contribution in [0.5, 0.6) is 0 Å². The van der Waals surface area contributed by atoms with Crippen molar-refractivity contribution in [2.75, 3.05) is 13.1 Å². The molecule has 1 aromatic carbocycles. The number of nitrogens with zero attached hydrogens (tertiary/aromatic N) is 3. The Hall–Kier alpha value is -2.69. The molecule has 2 aromatic rings. The zero-order chi connectivity index (χ0) is 25.7. The predicted octanol–water partition coefficient (Wildman–Crippen LogP) is 1.88. The third-order valence-corrected chi connectivity index (χ3v) is 7.45. The molecular weight excluding hydrogens is 484 g/mol. The standard InChI is InChI=1S/C25H35ClN6O4/c1-16-30-32(25(36)31(16)15-22(33)28-18-10-12-27-13-11-18)19-8-9-21(26)20(14-19)24(35)29-23(34)17-6-4-2-3-5-7-17/h8-9,14,17-18,23,27,34H,2-7,10-13,15H2,1H3,(H,28,33)(H,29,35). The smallest absolute Gasteiger partial charge is 0.351 e. The quantitative estimate of drug-likeness (QED) is 0.327. The molecule has 4 N–H and O–H groups in total. The molecule has 0 spiro atoms. The fourth-order valence-corrected chi connectivity index (χ4v) is 5.21. The van der Waals surface area contributed by atoms with Gasteiger partial charge in [-0.05, 0) is 63.9 Å². The van der Waals surface area contributed by atoms with E-state index in [1.54, 1.807) is 13.0 Å². The first-order chi connectivity index (χ1) is 17.3. The topological polar surface area (TPSA) is 130 Å². The van der Waals surface area contributed by atoms with Gasteiger partial charge in [-0.2, -0.15) is 9.78 Å². The Balaban J connectivity index is 1.48. The van der Waals surface area contributed by atoms with E-state index in [1.165, 1.54) is 16.7 Å². The third kappa shape index (κ3) is 6.35. The Morgan fingerprint density at radius 3 is 2.56 bits per heavy atom. The average molecular weight is 519 g/mol. The number of carbonyl (C=O) groups is 2. The lowest BCUT2D eigenvalue weighted by atomic mass is 9.98. The maximum absolute atomic E-state index is 13.1. The number of carbonyl (C=O) groups excluding carboxylic acids is 2. The van der Waals surface area contributed by atoms with Crippen LogP contribution in [-0.2, 0) is 11.3 Å². The van der Waals surface area contributed by atoms with Gasteiger partial charge in [0.15, 0.2) is 0 Å². The third-order valence-electron chi connectivity index (χ3n) is 7.12. The van der Waals surface area contributed by atoms with E-state index >= 15 is 0 Å². The summed E-state index contributed by atoms with van der Waals surface area (Å²) in [6, 6.07) is 4.68. The Kier molecular flexibility index (Phi) is 8.81. The Labute approximate surface area is 215 Å². The second kappa shape index (κ2) is 12.0. The van der Waals surface area contributed by atoms with Crippen molar-refractivity contribution in [3.05, 3.63) is 45.1 Å². The van der Waals surface area contributed by atoms with Crippen LogP contribution >= 0.6 is 11.6 Å². The number of aliphatic hydroxyl groups is 1. The van der Waals surface area contributed by atoms with E-state index in [0.29, 0.717) is 11.5 Å². The summed E-state index contributed by atoms with van der Waals surface area (Å²) in [5.74, 6) is -0.361. The van der Waals surface area contributed by atoms with E-state index in [4.69, 9.17) is 11.6 Å². The van der Waals surface area contributed by atoms with Crippen LogP contribution in [0.15, 0.2) is 23.0 Å². The van der Waals surface area contributed by atoms with Crippen LogP contribution in [0.3, 0.4) is 0 Å². The first-order valence-corrected chi connectivity index (χ1v) is 13.2. The van der Waals surface area contributed by atoms with Crippen molar-refractivity contribution in [3.8, 4) is 5.69 Å². The normalized spacial score (nSPS) is 18.4. The number of aryl methyl sites for hydroxylation is 1. The lowest BCUT2D eigenvalue weighted by molar-refractivity contribution is -0.122. The molecule has 1 aromatic heterocycles. The van der Waals surface area contributed by atoms with E-state index < -0.39 is 17.8 Å². The van der Waals surface area contributed by atoms with Gasteiger partial charge >= 0.3 is 5.69 Å². The van der Waals surface area contributed by atoms with Crippen LogP contribution in [0.2, 0.25) is 5.02 Å². The van der Waals surface area contributed by atoms with E-state index in [1.807, 2.05) is 0 Å². The maximum atomic E-state index is 13.1. The van der Waals surface area contributed by atoms with Crippen molar-refractivity contribution in [1.82, 2.24) is 30.3 Å². The molecule has 0 radical (unpaired) electrons. The summed E-state index contributed by atoms with van der Waals surface area (Å²) in [6.07, 6.45) is 6.84. The van der Waals surface area contributed by atoms with Gasteiger partial charge in [-0.1, -0.05) is 37.3 Å². The zero-order valence-electron chi connectivity index (χ0n) is 20.6. The number of hydrogen-bond acceptors (Lipinski definition) is 6. The number of aromatic nitrogens is 3. The summed E-state index contributed by atoms with van der Waals surface area (Å²) < 4.78 is 2.46. The SMILES string of the molecule is Cc1nn(-c2ccc(Cl)c(C(=O)NC(O)C3CCCCCC3)c2)c(=O)n1CC(=O)NC1CCNCC1. The molecule has 2 aliphatic rings. The Bertz CT molecular complexity index is 1130. The summed E-state index contributed by atoms with van der Waals surface area (Å²) >= 11 is 6.30. The number of benzene rings is 1. The predicted molar refractivity (Wildman–Crippen MR) is 136 cm³/mol. The highest BCUT2D eigenvalue weighted by Crippen LogP contribution is 2.25. The van der Waals surface area contributed by atoms with Crippen LogP contribution in [0.4, 0.5) is 0 Å². The van der Waals surface area contributed by atoms with Crippen LogP contribution in [0.1, 0.15) is 67.5 Å². The minimum atomic E-state index is -0.960. The van der Waals surface area contributed by atoms with Crippen LogP contribution in [-0.4, -0.2) is 56.6 Å². The molecule has 1 aliphatic heterocycles. The van der Waals surface area contributed by atoms with Crippen molar-refractivity contribution in [2.45, 2.75) is 77.1 Å². The van der Waals surface area contributed by atoms with Gasteiger partial charge in [0.1, 0.15) is 18.6 Å². The number of aliphatic hydroxyl groups excluding tert-OH is 1. The average Bonchev–Trinajstić information content (AvgIpc) is 3.03. The molecule has 11 heteroatoms. The van der Waals surface area contributed by atoms with Crippen molar-refractivity contribution in [2.24, 2.45) is 5.92 Å². The second-order valence-electron chi connectivity index (χ2n) is 9.75. The van der Waals surface area contributed by atoms with E-state index in [-0.39, 0.29) is 35.0 Å². The van der Waals surface area contributed by atoms with Crippen LogP contribution < -0.4 is 21.6 Å². The lowest BCUT2D eigenvalue weighted by Crippen LogP contribution is -2.44. The van der Waals surface area contributed by atoms with E-state index in [0.717, 1.165) is 69.1 Å². The largest absolute Gasteiger partial charge is 0.373 e. The van der Waals surface area contributed by atoms with Gasteiger partial charge in [0.25, 0.3) is 5.91 Å². The van der Waals surface area contributed by atoms with Crippen molar-refractivity contribution >= 4 is 23.4 Å². The number of hydrogen-bond donors (Lipinski definition) is 4. The number of halogens is 1. The molecule has 2 heterocycles. The highest BCUT2D eigenvalue weighted by molar-refractivity contribution is 6.33. The van der Waals surface area contributed by atoms with Crippen molar-refractivity contribution in [1.29, 1.82) is 0 Å². The maximum Gasteiger partial charge on any atom is 0.351 e. The van der Waals surface area contributed by atoms with Gasteiger partial charge in [0.2, 0.25) is 5.91 Å². The minimum Gasteiger partial charge on any atom is -0.373 e. The van der Waals surface area contributed by atoms with Gasteiger partial charge in [0, 0.05) is 12.0 Å². The first kappa shape index (κ1) is 26.4. The molecule has 1 unspecified atom stereocenters. The van der Waals surface area contributed by atoms with Crippen LogP contribution in [0, 0.1) is 12.8 Å². The van der Waals surface area contributed by atoms with Crippen molar-refractivity contribution in [3.63, 3.8) is 0 Å². The molecule has 1 atom stereocenters. The van der Waals surface area contributed by atoms with Crippen molar-refractivity contribution < 1.29 is 14.7 Å². The summed E-state index contributed by atoms with van der Waals surface area (Å²) in [6.45, 7) is 3.23. The molecule has 10 nitrogen and oxygen atoms in total. The van der Waals surface area contributed by atoms with Crippen LogP contribution in [0.25, 0.3) is 5.69 Å². The molecule has 4 rings (SSSR count). The number of rotatable bonds is 7. The van der Waals surface area contributed by atoms with Gasteiger partial charge < -0.3 is 21.1 Å². The first-order valence-electron chi connectivity index (χ1n) is 12.8. The molecule has 36 heavy (non-hydrogen) atoms. The highest BCUT2D eigenvalue weighted by atomic mass is 35.5. The number of piperidine rings is 1. The summed E-state index contributed by atoms with van der Waals surface area (Å²) in [5, 5.41) is 24.0. The number of amides is 2. The molecule has 196 valence electrons. The second-order valence-corrected chi connectivity index (χ2v) is 10.2. The summed E-state index contributed by atoms with van der Waals surface area (Å²) in [5.41, 5.74) is 0.00356. The fraction of sp³-hybridized carbons (Fsp3) is 0.600. The van der Waals surface area contributed by atoms with E-state index in [2.05, 4.69) is 21.0 Å². The molecule has 2 amide bonds. The molecule has 1 aliphatic carbocycles. The monoisotopic (exact) mass is 518 g/mol. The van der Waals surface area contributed by atoms with Gasteiger partial charge in [-0.25, -0.2) is 4.79 Å². The van der Waals surface area contributed by atoms with Gasteiger partial charge in [0.05, 0.1) is 16.3 Å². The van der Waals surface area contributed by atoms with E-state index in [9.17, 15) is 19.5 Å².